The van der Waals surface area contributed by atoms with Gasteiger partial charge in [-0.1, -0.05) is 90.4 Å². The molecule has 1 aromatic heterocycles. The Labute approximate surface area is 277 Å². The first-order valence-corrected chi connectivity index (χ1v) is 17.9. The van der Waals surface area contributed by atoms with Crippen molar-refractivity contribution in [2.75, 3.05) is 34.0 Å². The highest BCUT2D eigenvalue weighted by atomic mass is 16.5. The second kappa shape index (κ2) is 20.7. The zero-order chi connectivity index (χ0) is 33.1. The van der Waals surface area contributed by atoms with E-state index in [0.29, 0.717) is 54.0 Å². The minimum atomic E-state index is -0.192. The maximum Gasteiger partial charge on any atom is 0.235 e. The zero-order valence-corrected chi connectivity index (χ0v) is 29.5. The van der Waals surface area contributed by atoms with Gasteiger partial charge in [0.25, 0.3) is 0 Å². The fourth-order valence-corrected chi connectivity index (χ4v) is 6.22. The number of hydrogen-bond acceptors (Lipinski definition) is 6. The Morgan fingerprint density at radius 3 is 1.70 bits per heavy atom. The van der Waals surface area contributed by atoms with Crippen molar-refractivity contribution in [3.8, 4) is 40.0 Å². The number of nitrogens with zero attached hydrogens (tertiary/aromatic N) is 1. The zero-order valence-electron chi connectivity index (χ0n) is 29.5. The number of unbranched alkanes of at least 4 members (excludes halogenated alkanes) is 13. The Bertz CT molecular complexity index is 1380. The van der Waals surface area contributed by atoms with Crippen LogP contribution in [0.2, 0.25) is 0 Å². The van der Waals surface area contributed by atoms with E-state index in [1.54, 1.807) is 20.3 Å². The molecule has 0 unspecified atom stereocenters. The first kappa shape index (κ1) is 37.1. The second-order valence-corrected chi connectivity index (χ2v) is 11.9. The van der Waals surface area contributed by atoms with Gasteiger partial charge in [-0.15, -0.1) is 0 Å². The molecule has 0 spiro atoms. The summed E-state index contributed by atoms with van der Waals surface area (Å²) in [4.78, 5) is 14.2. The van der Waals surface area contributed by atoms with Crippen LogP contribution in [-0.4, -0.2) is 38.6 Å². The molecule has 3 aromatic rings. The molecule has 0 saturated carbocycles. The molecule has 0 atom stereocenters. The molecule has 0 fully saturated rings. The number of aryl methyl sites for hydroxylation is 1. The number of aromatic nitrogens is 1. The van der Waals surface area contributed by atoms with Crippen LogP contribution in [0.15, 0.2) is 35.1 Å². The molecule has 0 aliphatic rings. The summed E-state index contributed by atoms with van der Waals surface area (Å²) >= 11 is 0. The summed E-state index contributed by atoms with van der Waals surface area (Å²) in [7, 11) is 3.27. The molecular formula is C39H59NO6. The Morgan fingerprint density at radius 1 is 0.587 bits per heavy atom. The average Bonchev–Trinajstić information content (AvgIpc) is 3.07. The van der Waals surface area contributed by atoms with Crippen LogP contribution in [0.3, 0.4) is 0 Å². The third kappa shape index (κ3) is 10.3. The molecule has 256 valence electrons. The molecule has 2 aromatic carbocycles. The SMILES string of the molecule is CCCCCCCCCCCCCCCCn1c(-c2ccc(OCC)c(OC)c2)c(OCC)c(=O)c2c(OCC)cc(OC)cc21. The molecule has 0 amide bonds. The Balaban J connectivity index is 1.86. The molecule has 0 saturated heterocycles. The van der Waals surface area contributed by atoms with E-state index >= 15 is 0 Å². The number of hydrogen-bond donors (Lipinski definition) is 0. The van der Waals surface area contributed by atoms with E-state index in [2.05, 4.69) is 11.5 Å². The van der Waals surface area contributed by atoms with E-state index < -0.39 is 0 Å². The molecule has 0 aliphatic carbocycles. The minimum absolute atomic E-state index is 0.192. The van der Waals surface area contributed by atoms with Crippen molar-refractivity contribution in [3.05, 3.63) is 40.6 Å². The summed E-state index contributed by atoms with van der Waals surface area (Å²) in [6.07, 6.45) is 18.2. The topological polar surface area (TPSA) is 68.2 Å². The summed E-state index contributed by atoms with van der Waals surface area (Å²) in [5.41, 5.74) is 2.14. The lowest BCUT2D eigenvalue weighted by Gasteiger charge is -2.23. The van der Waals surface area contributed by atoms with Gasteiger partial charge in [0.2, 0.25) is 5.43 Å². The van der Waals surface area contributed by atoms with Gasteiger partial charge in [-0.25, -0.2) is 0 Å². The molecule has 3 rings (SSSR count). The average molecular weight is 638 g/mol. The number of ether oxygens (including phenoxy) is 5. The quantitative estimate of drug-likeness (QED) is 0.0911. The van der Waals surface area contributed by atoms with Crippen molar-refractivity contribution in [3.63, 3.8) is 0 Å². The van der Waals surface area contributed by atoms with Gasteiger partial charge in [0, 0.05) is 24.2 Å². The predicted molar refractivity (Wildman–Crippen MR) is 191 cm³/mol. The van der Waals surface area contributed by atoms with Crippen molar-refractivity contribution >= 4 is 10.9 Å². The van der Waals surface area contributed by atoms with Crippen LogP contribution in [0, 0.1) is 0 Å². The van der Waals surface area contributed by atoms with Crippen molar-refractivity contribution < 1.29 is 23.7 Å². The number of fused-ring (bicyclic) bond motifs is 1. The van der Waals surface area contributed by atoms with Crippen LogP contribution >= 0.6 is 0 Å². The first-order chi connectivity index (χ1) is 22.5. The molecule has 7 nitrogen and oxygen atoms in total. The van der Waals surface area contributed by atoms with Gasteiger partial charge < -0.3 is 28.3 Å². The van der Waals surface area contributed by atoms with E-state index in [1.165, 1.54) is 77.0 Å². The van der Waals surface area contributed by atoms with Gasteiger partial charge in [0.05, 0.1) is 50.6 Å². The largest absolute Gasteiger partial charge is 0.497 e. The summed E-state index contributed by atoms with van der Waals surface area (Å²) in [5, 5.41) is 0.512. The van der Waals surface area contributed by atoms with Crippen molar-refractivity contribution in [1.82, 2.24) is 4.57 Å². The van der Waals surface area contributed by atoms with E-state index in [-0.39, 0.29) is 5.43 Å². The normalized spacial score (nSPS) is 11.2. The highest BCUT2D eigenvalue weighted by Crippen LogP contribution is 2.40. The highest BCUT2D eigenvalue weighted by molar-refractivity contribution is 5.92. The fraction of sp³-hybridized carbons (Fsp3) is 0.615. The van der Waals surface area contributed by atoms with E-state index in [1.807, 2.05) is 45.0 Å². The van der Waals surface area contributed by atoms with Crippen molar-refractivity contribution in [1.29, 1.82) is 0 Å². The van der Waals surface area contributed by atoms with Gasteiger partial charge >= 0.3 is 0 Å². The Morgan fingerprint density at radius 2 is 1.15 bits per heavy atom. The lowest BCUT2D eigenvalue weighted by molar-refractivity contribution is 0.311. The molecule has 0 bridgehead atoms. The van der Waals surface area contributed by atoms with E-state index in [9.17, 15) is 4.79 Å². The maximum absolute atomic E-state index is 14.2. The predicted octanol–water partition coefficient (Wildman–Crippen LogP) is 10.4. The third-order valence-corrected chi connectivity index (χ3v) is 8.56. The van der Waals surface area contributed by atoms with Crippen molar-refractivity contribution in [2.45, 2.75) is 124 Å². The third-order valence-electron chi connectivity index (χ3n) is 8.56. The van der Waals surface area contributed by atoms with Crippen LogP contribution in [0.25, 0.3) is 22.2 Å². The second-order valence-electron chi connectivity index (χ2n) is 11.9. The first-order valence-electron chi connectivity index (χ1n) is 17.9. The molecule has 0 N–H and O–H groups in total. The van der Waals surface area contributed by atoms with Gasteiger partial charge in [-0.3, -0.25) is 4.79 Å². The Kier molecular flexibility index (Phi) is 16.7. The number of benzene rings is 2. The van der Waals surface area contributed by atoms with Crippen LogP contribution in [-0.2, 0) is 6.54 Å². The standard InChI is InChI=1S/C39H59NO6/c1-7-11-12-13-14-15-16-17-18-19-20-21-22-23-26-40-32-28-31(42-5)29-35(45-9-3)36(32)38(41)39(46-10-4)37(40)30-24-25-33(44-8-2)34(27-30)43-6/h24-25,27-29H,7-23,26H2,1-6H3. The van der Waals surface area contributed by atoms with Crippen LogP contribution in [0.5, 0.6) is 28.7 Å². The molecular weight excluding hydrogens is 578 g/mol. The number of methoxy groups -OCH3 is 2. The summed E-state index contributed by atoms with van der Waals surface area (Å²) in [6.45, 7) is 10.1. The van der Waals surface area contributed by atoms with Gasteiger partial charge in [0.15, 0.2) is 17.2 Å². The molecule has 46 heavy (non-hydrogen) atoms. The van der Waals surface area contributed by atoms with Gasteiger partial charge in [0.1, 0.15) is 11.5 Å². The smallest absolute Gasteiger partial charge is 0.235 e. The van der Waals surface area contributed by atoms with Gasteiger partial charge in [-0.2, -0.15) is 0 Å². The summed E-state index contributed by atoms with van der Waals surface area (Å²) in [6, 6.07) is 9.53. The molecule has 0 radical (unpaired) electrons. The van der Waals surface area contributed by atoms with Crippen LogP contribution in [0.4, 0.5) is 0 Å². The van der Waals surface area contributed by atoms with E-state index in [0.717, 1.165) is 36.2 Å². The molecule has 7 heteroatoms. The highest BCUT2D eigenvalue weighted by Gasteiger charge is 2.24. The Hall–Kier alpha value is -3.35. The maximum atomic E-state index is 14.2. The van der Waals surface area contributed by atoms with Gasteiger partial charge in [-0.05, 0) is 45.4 Å². The van der Waals surface area contributed by atoms with E-state index in [4.69, 9.17) is 23.7 Å². The van der Waals surface area contributed by atoms with Crippen LogP contribution in [0.1, 0.15) is 118 Å². The molecule has 1 heterocycles. The van der Waals surface area contributed by atoms with Crippen LogP contribution < -0.4 is 29.1 Å². The minimum Gasteiger partial charge on any atom is -0.497 e. The number of rotatable bonds is 24. The number of pyridine rings is 1. The summed E-state index contributed by atoms with van der Waals surface area (Å²) < 4.78 is 31.5. The lowest BCUT2D eigenvalue weighted by Crippen LogP contribution is -2.18. The monoisotopic (exact) mass is 637 g/mol. The fourth-order valence-electron chi connectivity index (χ4n) is 6.22. The summed E-state index contributed by atoms with van der Waals surface area (Å²) in [5.74, 6) is 2.74. The van der Waals surface area contributed by atoms with Crippen molar-refractivity contribution in [2.24, 2.45) is 0 Å². The lowest BCUT2D eigenvalue weighted by atomic mass is 10.0. The molecule has 0 aliphatic heterocycles.